The molecule has 1 fully saturated rings. The van der Waals surface area contributed by atoms with E-state index in [9.17, 15) is 4.79 Å². The average molecular weight is 459 g/mol. The zero-order chi connectivity index (χ0) is 25.9. The van der Waals surface area contributed by atoms with Crippen LogP contribution in [0, 0.1) is 11.8 Å². The van der Waals surface area contributed by atoms with Gasteiger partial charge in [-0.15, -0.1) is 0 Å². The Morgan fingerprint density at radius 1 is 1.15 bits per heavy atom. The maximum Gasteiger partial charge on any atom is 0.156 e. The van der Waals surface area contributed by atoms with Crippen molar-refractivity contribution in [2.45, 2.75) is 113 Å². The molecule has 0 amide bonds. The van der Waals surface area contributed by atoms with Crippen LogP contribution in [0.15, 0.2) is 48.8 Å². The molecule has 1 aliphatic carbocycles. The Hall–Kier alpha value is -1.87. The lowest BCUT2D eigenvalue weighted by atomic mass is 9.79. The molecule has 0 heterocycles. The highest BCUT2D eigenvalue weighted by Crippen LogP contribution is 2.31. The molecule has 190 valence electrons. The molecule has 1 aliphatic rings. The van der Waals surface area contributed by atoms with Gasteiger partial charge in [-0.05, 0) is 69.7 Å². The summed E-state index contributed by atoms with van der Waals surface area (Å²) in [5.41, 5.74) is 9.29. The second kappa shape index (κ2) is 19.6. The van der Waals surface area contributed by atoms with Gasteiger partial charge in [0.05, 0.1) is 0 Å². The zero-order valence-electron chi connectivity index (χ0n) is 23.3. The molecule has 1 saturated carbocycles. The third-order valence-electron chi connectivity index (χ3n) is 5.85. The summed E-state index contributed by atoms with van der Waals surface area (Å²) in [5.74, 6) is 2.15. The van der Waals surface area contributed by atoms with E-state index in [4.69, 9.17) is 5.73 Å². The summed E-state index contributed by atoms with van der Waals surface area (Å²) in [4.78, 5) is 10.5. The zero-order valence-corrected chi connectivity index (χ0v) is 23.3. The Bertz CT molecular complexity index is 670. The van der Waals surface area contributed by atoms with Crippen LogP contribution in [0.5, 0.6) is 0 Å². The van der Waals surface area contributed by atoms with Crippen molar-refractivity contribution in [3.05, 3.63) is 59.9 Å². The molecule has 0 radical (unpaired) electrons. The van der Waals surface area contributed by atoms with Gasteiger partial charge < -0.3 is 11.1 Å². The first-order valence-corrected chi connectivity index (χ1v) is 12.9. The summed E-state index contributed by atoms with van der Waals surface area (Å²) >= 11 is 0. The topological polar surface area (TPSA) is 55.1 Å². The highest BCUT2D eigenvalue weighted by molar-refractivity contribution is 5.92. The lowest BCUT2D eigenvalue weighted by Gasteiger charge is -2.27. The van der Waals surface area contributed by atoms with Gasteiger partial charge in [0.15, 0.2) is 5.78 Å². The van der Waals surface area contributed by atoms with E-state index < -0.39 is 0 Å². The quantitative estimate of drug-likeness (QED) is 0.407. The molecule has 1 aromatic carbocycles. The number of allylic oxidation sites excluding steroid dienone is 1. The van der Waals surface area contributed by atoms with Crippen molar-refractivity contribution in [3.8, 4) is 0 Å². The first-order valence-electron chi connectivity index (χ1n) is 12.9. The van der Waals surface area contributed by atoms with Gasteiger partial charge in [-0.1, -0.05) is 97.6 Å². The van der Waals surface area contributed by atoms with Crippen LogP contribution in [-0.4, -0.2) is 11.3 Å². The second-order valence-corrected chi connectivity index (χ2v) is 9.52. The number of hydrogen-bond acceptors (Lipinski definition) is 3. The van der Waals surface area contributed by atoms with Crippen LogP contribution in [-0.2, 0) is 17.6 Å². The predicted octanol–water partition coefficient (Wildman–Crippen LogP) is 7.99. The predicted molar refractivity (Wildman–Crippen MR) is 148 cm³/mol. The Balaban J connectivity index is 0. The molecule has 33 heavy (non-hydrogen) atoms. The van der Waals surface area contributed by atoms with Gasteiger partial charge in [-0.3, -0.25) is 4.79 Å². The van der Waals surface area contributed by atoms with E-state index in [-0.39, 0.29) is 11.3 Å². The SMILES string of the molecule is C=CN/C=C(\C)C(C)=O.CC.CCC1CCCCC1C.CCc1cccc(CC(C)(C)N)c1. The molecule has 1 aromatic rings. The molecule has 0 saturated heterocycles. The van der Waals surface area contributed by atoms with Crippen LogP contribution in [0.4, 0.5) is 0 Å². The number of Topliss-reactive ketones (excluding diaryl/α,β-unsaturated/α-hetero) is 1. The van der Waals surface area contributed by atoms with E-state index in [1.165, 1.54) is 56.4 Å². The molecule has 2 rings (SSSR count). The summed E-state index contributed by atoms with van der Waals surface area (Å²) in [7, 11) is 0. The Morgan fingerprint density at radius 3 is 2.15 bits per heavy atom. The first-order chi connectivity index (χ1) is 15.5. The van der Waals surface area contributed by atoms with Crippen molar-refractivity contribution in [2.24, 2.45) is 17.6 Å². The summed E-state index contributed by atoms with van der Waals surface area (Å²) in [6, 6.07) is 8.66. The van der Waals surface area contributed by atoms with Gasteiger partial charge in [0.2, 0.25) is 0 Å². The molecule has 0 aromatic heterocycles. The van der Waals surface area contributed by atoms with Gasteiger partial charge in [0, 0.05) is 17.3 Å². The van der Waals surface area contributed by atoms with E-state index in [0.29, 0.717) is 5.57 Å². The number of carbonyl (C=O) groups excluding carboxylic acids is 1. The minimum atomic E-state index is -0.105. The maximum atomic E-state index is 10.5. The van der Waals surface area contributed by atoms with Crippen molar-refractivity contribution in [2.75, 3.05) is 0 Å². The van der Waals surface area contributed by atoms with Gasteiger partial charge >= 0.3 is 0 Å². The molecule has 3 N–H and O–H groups in total. The van der Waals surface area contributed by atoms with Crippen LogP contribution >= 0.6 is 0 Å². The third-order valence-corrected chi connectivity index (χ3v) is 5.85. The van der Waals surface area contributed by atoms with Crippen molar-refractivity contribution < 1.29 is 4.79 Å². The van der Waals surface area contributed by atoms with Crippen molar-refractivity contribution in [1.82, 2.24) is 5.32 Å². The Morgan fingerprint density at radius 2 is 1.73 bits per heavy atom. The lowest BCUT2D eigenvalue weighted by Crippen LogP contribution is -2.34. The summed E-state index contributed by atoms with van der Waals surface area (Å²) in [6.07, 6.45) is 12.5. The fraction of sp³-hybridized carbons (Fsp3) is 0.633. The second-order valence-electron chi connectivity index (χ2n) is 9.52. The summed E-state index contributed by atoms with van der Waals surface area (Å²) in [5, 5.41) is 2.71. The van der Waals surface area contributed by atoms with Crippen LogP contribution in [0.25, 0.3) is 0 Å². The smallest absolute Gasteiger partial charge is 0.156 e. The first kappa shape index (κ1) is 33.3. The summed E-state index contributed by atoms with van der Waals surface area (Å²) in [6.45, 7) is 21.7. The monoisotopic (exact) mass is 458 g/mol. The van der Waals surface area contributed by atoms with Gasteiger partial charge in [-0.25, -0.2) is 0 Å². The highest BCUT2D eigenvalue weighted by Gasteiger charge is 2.18. The number of hydrogen-bond donors (Lipinski definition) is 2. The number of rotatable bonds is 7. The molecular formula is C30H54N2O. The molecule has 3 heteroatoms. The van der Waals surface area contributed by atoms with Crippen molar-refractivity contribution in [3.63, 3.8) is 0 Å². The van der Waals surface area contributed by atoms with E-state index in [2.05, 4.69) is 70.8 Å². The minimum absolute atomic E-state index is 0.0735. The van der Waals surface area contributed by atoms with E-state index in [0.717, 1.165) is 24.7 Å². The number of benzene rings is 1. The van der Waals surface area contributed by atoms with Gasteiger partial charge in [0.1, 0.15) is 0 Å². The third kappa shape index (κ3) is 18.3. The fourth-order valence-electron chi connectivity index (χ4n) is 3.77. The highest BCUT2D eigenvalue weighted by atomic mass is 16.1. The van der Waals surface area contributed by atoms with Gasteiger partial charge in [0.25, 0.3) is 0 Å². The Labute approximate surface area is 206 Å². The fourth-order valence-corrected chi connectivity index (χ4v) is 3.77. The normalized spacial score (nSPS) is 17.7. The van der Waals surface area contributed by atoms with E-state index in [1.54, 1.807) is 13.1 Å². The number of carbonyl (C=O) groups is 1. The molecule has 0 spiro atoms. The number of nitrogens with one attached hydrogen (secondary N) is 1. The van der Waals surface area contributed by atoms with Crippen LogP contribution < -0.4 is 11.1 Å². The molecule has 0 aliphatic heterocycles. The lowest BCUT2D eigenvalue weighted by molar-refractivity contribution is -0.113. The van der Waals surface area contributed by atoms with Crippen molar-refractivity contribution in [1.29, 1.82) is 0 Å². The molecule has 2 unspecified atom stereocenters. The number of aryl methyl sites for hydroxylation is 1. The van der Waals surface area contributed by atoms with E-state index >= 15 is 0 Å². The number of ketones is 1. The van der Waals surface area contributed by atoms with Gasteiger partial charge in [-0.2, -0.15) is 0 Å². The van der Waals surface area contributed by atoms with E-state index in [1.807, 2.05) is 13.8 Å². The molecular weight excluding hydrogens is 404 g/mol. The van der Waals surface area contributed by atoms with Crippen LogP contribution in [0.3, 0.4) is 0 Å². The Kier molecular flexibility index (Phi) is 19.8. The summed E-state index contributed by atoms with van der Waals surface area (Å²) < 4.78 is 0. The molecule has 0 bridgehead atoms. The average Bonchev–Trinajstić information content (AvgIpc) is 2.79. The van der Waals surface area contributed by atoms with Crippen LogP contribution in [0.1, 0.15) is 106 Å². The molecule has 3 nitrogen and oxygen atoms in total. The largest absolute Gasteiger partial charge is 0.368 e. The standard InChI is InChI=1S/C12H19N.C9H18.C7H11NO.C2H6/c1-4-10-6-5-7-11(8-10)9-12(2,3)13;1-3-9-7-5-4-6-8(9)2;1-4-8-5-6(2)7(3)9;1-2/h5-8H,4,9,13H2,1-3H3;8-9H,3-7H2,1-2H3;4-5,8H,1H2,2-3H3;1-2H3/b;;6-5+;. The van der Waals surface area contributed by atoms with Crippen LogP contribution in [0.2, 0.25) is 0 Å². The van der Waals surface area contributed by atoms with Crippen molar-refractivity contribution >= 4 is 5.78 Å². The minimum Gasteiger partial charge on any atom is -0.368 e. The number of nitrogens with two attached hydrogens (primary N) is 1. The molecule has 2 atom stereocenters. The maximum absolute atomic E-state index is 10.5.